The minimum absolute atomic E-state index is 0.0917. The molecule has 0 aromatic heterocycles. The fourth-order valence-electron chi connectivity index (χ4n) is 2.28. The Morgan fingerprint density at radius 1 is 1.24 bits per heavy atom. The number of halogens is 3. The van der Waals surface area contributed by atoms with Crippen molar-refractivity contribution in [1.29, 1.82) is 0 Å². The third-order valence-corrected chi connectivity index (χ3v) is 3.05. The third kappa shape index (κ3) is 2.04. The van der Waals surface area contributed by atoms with Gasteiger partial charge in [0.2, 0.25) is 0 Å². The second-order valence-electron chi connectivity index (χ2n) is 4.09. The van der Waals surface area contributed by atoms with E-state index in [4.69, 9.17) is 4.74 Å². The summed E-state index contributed by atoms with van der Waals surface area (Å²) >= 11 is 0. The molecule has 0 saturated carbocycles. The van der Waals surface area contributed by atoms with Crippen LogP contribution in [-0.2, 0) is 12.6 Å². The highest BCUT2D eigenvalue weighted by molar-refractivity contribution is 5.71. The van der Waals surface area contributed by atoms with Crippen molar-refractivity contribution in [2.24, 2.45) is 0 Å². The zero-order chi connectivity index (χ0) is 12.6. The molecule has 0 unspecified atom stereocenters. The maximum absolute atomic E-state index is 13.1. The molecule has 0 bridgehead atoms. The number of hydrogen-bond donors (Lipinski definition) is 0. The molecule has 0 heterocycles. The van der Waals surface area contributed by atoms with E-state index in [1.54, 1.807) is 6.07 Å². The predicted molar refractivity (Wildman–Crippen MR) is 60.0 cm³/mol. The van der Waals surface area contributed by atoms with Gasteiger partial charge in [-0.05, 0) is 42.5 Å². The summed E-state index contributed by atoms with van der Waals surface area (Å²) in [6, 6.07) is 3.10. The highest BCUT2D eigenvalue weighted by atomic mass is 19.4. The van der Waals surface area contributed by atoms with Crippen molar-refractivity contribution in [3.8, 4) is 5.75 Å². The smallest absolute Gasteiger partial charge is 0.420 e. The summed E-state index contributed by atoms with van der Waals surface area (Å²) < 4.78 is 44.0. The van der Waals surface area contributed by atoms with Crippen LogP contribution in [0.15, 0.2) is 18.2 Å². The topological polar surface area (TPSA) is 9.23 Å². The van der Waals surface area contributed by atoms with E-state index in [1.807, 2.05) is 13.0 Å². The fraction of sp³-hybridized carbons (Fsp3) is 0.385. The van der Waals surface area contributed by atoms with Gasteiger partial charge >= 0.3 is 6.18 Å². The molecular weight excluding hydrogens is 229 g/mol. The van der Waals surface area contributed by atoms with Crippen LogP contribution in [0.3, 0.4) is 0 Å². The zero-order valence-electron chi connectivity index (χ0n) is 9.69. The van der Waals surface area contributed by atoms with Gasteiger partial charge in [-0.2, -0.15) is 13.2 Å². The molecule has 1 aromatic carbocycles. The van der Waals surface area contributed by atoms with Crippen LogP contribution >= 0.6 is 0 Å². The van der Waals surface area contributed by atoms with E-state index in [1.165, 1.54) is 13.2 Å². The van der Waals surface area contributed by atoms with Crippen LogP contribution in [0.1, 0.15) is 30.0 Å². The molecule has 0 radical (unpaired) electrons. The Bertz CT molecular complexity index is 472. The van der Waals surface area contributed by atoms with Gasteiger partial charge < -0.3 is 4.74 Å². The molecule has 92 valence electrons. The van der Waals surface area contributed by atoms with Gasteiger partial charge in [0.15, 0.2) is 0 Å². The summed E-state index contributed by atoms with van der Waals surface area (Å²) in [4.78, 5) is 0. The molecule has 17 heavy (non-hydrogen) atoms. The average Bonchev–Trinajstić information content (AvgIpc) is 2.26. The molecule has 0 saturated heterocycles. The van der Waals surface area contributed by atoms with Gasteiger partial charge in [-0.25, -0.2) is 0 Å². The first-order chi connectivity index (χ1) is 7.95. The van der Waals surface area contributed by atoms with Crippen LogP contribution < -0.4 is 4.74 Å². The largest absolute Gasteiger partial charge is 0.496 e. The summed E-state index contributed by atoms with van der Waals surface area (Å²) in [6.45, 7) is 1.84. The first-order valence-electron chi connectivity index (χ1n) is 5.39. The van der Waals surface area contributed by atoms with Crippen LogP contribution in [0.25, 0.3) is 5.57 Å². The summed E-state index contributed by atoms with van der Waals surface area (Å²) in [5.74, 6) is -0.0917. The van der Waals surface area contributed by atoms with E-state index >= 15 is 0 Å². The highest BCUT2D eigenvalue weighted by Gasteiger charge is 2.38. The number of rotatable bonds is 1. The Kier molecular flexibility index (Phi) is 2.89. The van der Waals surface area contributed by atoms with Gasteiger partial charge in [0, 0.05) is 0 Å². The number of hydrogen-bond acceptors (Lipinski definition) is 1. The molecule has 0 aliphatic heterocycles. The van der Waals surface area contributed by atoms with Crippen molar-refractivity contribution in [2.75, 3.05) is 7.11 Å². The van der Waals surface area contributed by atoms with E-state index in [0.29, 0.717) is 24.0 Å². The molecule has 1 aromatic rings. The van der Waals surface area contributed by atoms with Crippen molar-refractivity contribution in [3.05, 3.63) is 34.9 Å². The SMILES string of the molecule is COc1ccc2c(c1C(F)(F)F)CCC=C2C. The normalized spacial score (nSPS) is 15.2. The molecule has 0 fully saturated rings. The lowest BCUT2D eigenvalue weighted by molar-refractivity contribution is -0.139. The summed E-state index contributed by atoms with van der Waals surface area (Å²) in [5.41, 5.74) is 1.32. The van der Waals surface area contributed by atoms with Gasteiger partial charge in [0.25, 0.3) is 0 Å². The number of ether oxygens (including phenoxy) is 1. The number of alkyl halides is 3. The molecule has 1 nitrogen and oxygen atoms in total. The third-order valence-electron chi connectivity index (χ3n) is 3.05. The van der Waals surface area contributed by atoms with E-state index in [9.17, 15) is 13.2 Å². The molecule has 0 spiro atoms. The monoisotopic (exact) mass is 242 g/mol. The summed E-state index contributed by atoms with van der Waals surface area (Å²) in [6.07, 6.45) is -1.34. The average molecular weight is 242 g/mol. The Morgan fingerprint density at radius 3 is 2.53 bits per heavy atom. The number of benzene rings is 1. The summed E-state index contributed by atoms with van der Waals surface area (Å²) in [5, 5.41) is 0. The number of methoxy groups -OCH3 is 1. The molecule has 2 rings (SSSR count). The first-order valence-corrected chi connectivity index (χ1v) is 5.39. The van der Waals surface area contributed by atoms with Crippen LogP contribution in [0, 0.1) is 0 Å². The number of allylic oxidation sites excluding steroid dienone is 2. The molecule has 0 N–H and O–H groups in total. The van der Waals surface area contributed by atoms with Crippen LogP contribution in [-0.4, -0.2) is 7.11 Å². The van der Waals surface area contributed by atoms with Crippen molar-refractivity contribution in [1.82, 2.24) is 0 Å². The van der Waals surface area contributed by atoms with Crippen molar-refractivity contribution in [3.63, 3.8) is 0 Å². The van der Waals surface area contributed by atoms with E-state index in [-0.39, 0.29) is 5.75 Å². The van der Waals surface area contributed by atoms with Gasteiger partial charge in [-0.3, -0.25) is 0 Å². The van der Waals surface area contributed by atoms with E-state index in [2.05, 4.69) is 0 Å². The molecule has 0 amide bonds. The lowest BCUT2D eigenvalue weighted by Gasteiger charge is -2.22. The quantitative estimate of drug-likeness (QED) is 0.721. The van der Waals surface area contributed by atoms with Crippen molar-refractivity contribution < 1.29 is 17.9 Å². The first kappa shape index (κ1) is 12.0. The minimum atomic E-state index is -4.37. The Labute approximate surface area is 97.9 Å². The fourth-order valence-corrected chi connectivity index (χ4v) is 2.28. The predicted octanol–water partition coefficient (Wildman–Crippen LogP) is 4.06. The van der Waals surface area contributed by atoms with Crippen molar-refractivity contribution in [2.45, 2.75) is 25.9 Å². The molecule has 1 aliphatic carbocycles. The van der Waals surface area contributed by atoms with Crippen molar-refractivity contribution >= 4 is 5.57 Å². The molecule has 1 aliphatic rings. The van der Waals surface area contributed by atoms with Gasteiger partial charge in [0.05, 0.1) is 7.11 Å². The Morgan fingerprint density at radius 2 is 1.94 bits per heavy atom. The Hall–Kier alpha value is -1.45. The van der Waals surface area contributed by atoms with Gasteiger partial charge in [0.1, 0.15) is 11.3 Å². The van der Waals surface area contributed by atoms with E-state index < -0.39 is 11.7 Å². The van der Waals surface area contributed by atoms with Crippen LogP contribution in [0.4, 0.5) is 13.2 Å². The molecule has 0 atom stereocenters. The van der Waals surface area contributed by atoms with Gasteiger partial charge in [-0.15, -0.1) is 0 Å². The lowest BCUT2D eigenvalue weighted by atomic mass is 9.87. The Balaban J connectivity index is 2.70. The second kappa shape index (κ2) is 4.09. The summed E-state index contributed by atoms with van der Waals surface area (Å²) in [7, 11) is 1.27. The standard InChI is InChI=1S/C13H13F3O/c1-8-4-3-5-10-9(8)6-7-11(17-2)12(10)13(14,15)16/h4,6-7H,3,5H2,1-2H3. The lowest BCUT2D eigenvalue weighted by Crippen LogP contribution is -2.14. The molecule has 4 heteroatoms. The maximum Gasteiger partial charge on any atom is 0.420 e. The maximum atomic E-state index is 13.1. The second-order valence-corrected chi connectivity index (χ2v) is 4.09. The number of fused-ring (bicyclic) bond motifs is 1. The highest BCUT2D eigenvalue weighted by Crippen LogP contribution is 2.43. The minimum Gasteiger partial charge on any atom is -0.496 e. The van der Waals surface area contributed by atoms with Crippen LogP contribution in [0.5, 0.6) is 5.75 Å². The van der Waals surface area contributed by atoms with Gasteiger partial charge in [-0.1, -0.05) is 12.1 Å². The molecular formula is C13H13F3O. The van der Waals surface area contributed by atoms with E-state index in [0.717, 1.165) is 5.57 Å². The zero-order valence-corrected chi connectivity index (χ0v) is 9.69. The van der Waals surface area contributed by atoms with Crippen LogP contribution in [0.2, 0.25) is 0 Å².